The predicted molar refractivity (Wildman–Crippen MR) is 74.3 cm³/mol. The Morgan fingerprint density at radius 2 is 2.11 bits per heavy atom. The van der Waals surface area contributed by atoms with E-state index in [-0.39, 0.29) is 17.5 Å². The van der Waals surface area contributed by atoms with E-state index in [9.17, 15) is 9.59 Å². The van der Waals surface area contributed by atoms with Crippen LogP contribution in [0.1, 0.15) is 42.1 Å². The summed E-state index contributed by atoms with van der Waals surface area (Å²) in [6, 6.07) is 5.09. The smallest absolute Gasteiger partial charge is 0.338 e. The van der Waals surface area contributed by atoms with Crippen LogP contribution in [0.3, 0.4) is 0 Å². The van der Waals surface area contributed by atoms with Gasteiger partial charge >= 0.3 is 5.97 Å². The Labute approximate surface area is 112 Å². The van der Waals surface area contributed by atoms with E-state index in [1.807, 2.05) is 6.92 Å². The molecule has 0 heterocycles. The second kappa shape index (κ2) is 6.89. The highest BCUT2D eigenvalue weighted by Crippen LogP contribution is 2.20. The lowest BCUT2D eigenvalue weighted by Crippen LogP contribution is -2.18. The molecular weight excluding hydrogens is 244 g/mol. The fourth-order valence-corrected chi connectivity index (χ4v) is 1.85. The number of nitrogens with two attached hydrogens (primary N) is 1. The number of carbonyl (C=O) groups is 2. The van der Waals surface area contributed by atoms with Gasteiger partial charge in [-0.25, -0.2) is 4.79 Å². The molecule has 5 heteroatoms. The van der Waals surface area contributed by atoms with Crippen LogP contribution in [0, 0.1) is 6.92 Å². The molecule has 0 saturated heterocycles. The molecule has 0 radical (unpaired) electrons. The van der Waals surface area contributed by atoms with Crippen LogP contribution >= 0.6 is 0 Å². The minimum Gasteiger partial charge on any atom is -0.478 e. The van der Waals surface area contributed by atoms with Crippen LogP contribution in [0.4, 0.5) is 5.69 Å². The average Bonchev–Trinajstić information content (AvgIpc) is 2.27. The number of anilines is 1. The summed E-state index contributed by atoms with van der Waals surface area (Å²) >= 11 is 0. The molecule has 0 aliphatic rings. The summed E-state index contributed by atoms with van der Waals surface area (Å²) in [7, 11) is 0. The Balaban J connectivity index is 2.69. The zero-order valence-electron chi connectivity index (χ0n) is 11.3. The first-order chi connectivity index (χ1) is 8.91. The maximum Gasteiger partial charge on any atom is 0.338 e. The van der Waals surface area contributed by atoms with Crippen LogP contribution in [0.15, 0.2) is 18.2 Å². The average molecular weight is 264 g/mol. The van der Waals surface area contributed by atoms with E-state index in [1.54, 1.807) is 25.1 Å². The van der Waals surface area contributed by atoms with Gasteiger partial charge in [-0.05, 0) is 38.3 Å². The number of aryl methyl sites for hydroxylation is 1. The highest BCUT2D eigenvalue weighted by Gasteiger charge is 2.14. The van der Waals surface area contributed by atoms with Gasteiger partial charge in [-0.15, -0.1) is 0 Å². The molecule has 1 unspecified atom stereocenters. The zero-order chi connectivity index (χ0) is 14.4. The number of hydrogen-bond donors (Lipinski definition) is 3. The molecule has 0 aliphatic heterocycles. The van der Waals surface area contributed by atoms with E-state index in [4.69, 9.17) is 10.8 Å². The Morgan fingerprint density at radius 3 is 2.68 bits per heavy atom. The van der Waals surface area contributed by atoms with Crippen molar-refractivity contribution in [2.45, 2.75) is 39.2 Å². The molecule has 1 atom stereocenters. The Hall–Kier alpha value is -1.88. The molecule has 5 nitrogen and oxygen atoms in total. The van der Waals surface area contributed by atoms with Gasteiger partial charge in [0.05, 0.1) is 11.3 Å². The van der Waals surface area contributed by atoms with Crippen molar-refractivity contribution in [3.8, 4) is 0 Å². The third-order valence-corrected chi connectivity index (χ3v) is 2.82. The number of carboxylic acids is 1. The number of amides is 1. The minimum absolute atomic E-state index is 0.0707. The lowest BCUT2D eigenvalue weighted by Gasteiger charge is -2.11. The van der Waals surface area contributed by atoms with E-state index in [1.165, 1.54) is 0 Å². The molecule has 0 saturated carbocycles. The minimum atomic E-state index is -1.04. The SMILES string of the molecule is Cc1cccc(NC(=O)CCCC(C)N)c1C(=O)O. The molecule has 0 aromatic heterocycles. The molecule has 0 spiro atoms. The highest BCUT2D eigenvalue weighted by atomic mass is 16.4. The van der Waals surface area contributed by atoms with Crippen molar-refractivity contribution >= 4 is 17.6 Å². The number of hydrogen-bond acceptors (Lipinski definition) is 3. The summed E-state index contributed by atoms with van der Waals surface area (Å²) in [5, 5.41) is 11.8. The number of aromatic carboxylic acids is 1. The maximum absolute atomic E-state index is 11.7. The fourth-order valence-electron chi connectivity index (χ4n) is 1.85. The van der Waals surface area contributed by atoms with Crippen molar-refractivity contribution in [2.24, 2.45) is 5.73 Å². The van der Waals surface area contributed by atoms with Crippen molar-refractivity contribution in [1.29, 1.82) is 0 Å². The molecule has 0 bridgehead atoms. The first-order valence-corrected chi connectivity index (χ1v) is 6.30. The number of carboxylic acid groups (broad SMARTS) is 1. The van der Waals surface area contributed by atoms with Crippen LogP contribution in [-0.2, 0) is 4.79 Å². The van der Waals surface area contributed by atoms with Gasteiger partial charge < -0.3 is 16.2 Å². The van der Waals surface area contributed by atoms with E-state index >= 15 is 0 Å². The second-order valence-electron chi connectivity index (χ2n) is 4.72. The van der Waals surface area contributed by atoms with Crippen LogP contribution in [0.25, 0.3) is 0 Å². The molecule has 0 aliphatic carbocycles. The number of carbonyl (C=O) groups excluding carboxylic acids is 1. The maximum atomic E-state index is 11.7. The molecule has 1 aromatic carbocycles. The van der Waals surface area contributed by atoms with E-state index in [0.29, 0.717) is 24.1 Å². The molecule has 1 aromatic rings. The number of benzene rings is 1. The lowest BCUT2D eigenvalue weighted by atomic mass is 10.1. The first kappa shape index (κ1) is 15.2. The van der Waals surface area contributed by atoms with Gasteiger partial charge in [-0.3, -0.25) is 4.79 Å². The van der Waals surface area contributed by atoms with Gasteiger partial charge in [0.2, 0.25) is 5.91 Å². The van der Waals surface area contributed by atoms with E-state index in [0.717, 1.165) is 6.42 Å². The molecular formula is C14H20N2O3. The Bertz CT molecular complexity index is 470. The van der Waals surface area contributed by atoms with Gasteiger partial charge in [0.25, 0.3) is 0 Å². The fraction of sp³-hybridized carbons (Fsp3) is 0.429. The summed E-state index contributed by atoms with van der Waals surface area (Å²) in [6.07, 6.45) is 1.80. The van der Waals surface area contributed by atoms with Crippen molar-refractivity contribution < 1.29 is 14.7 Å². The highest BCUT2D eigenvalue weighted by molar-refractivity contribution is 6.01. The van der Waals surface area contributed by atoms with Gasteiger partial charge in [-0.2, -0.15) is 0 Å². The molecule has 0 fully saturated rings. The third kappa shape index (κ3) is 4.71. The normalized spacial score (nSPS) is 11.9. The van der Waals surface area contributed by atoms with Gasteiger partial charge in [0.1, 0.15) is 0 Å². The number of rotatable bonds is 6. The van der Waals surface area contributed by atoms with Gasteiger partial charge in [0, 0.05) is 12.5 Å². The predicted octanol–water partition coefficient (Wildman–Crippen LogP) is 2.15. The van der Waals surface area contributed by atoms with Gasteiger partial charge in [-0.1, -0.05) is 12.1 Å². The van der Waals surface area contributed by atoms with E-state index in [2.05, 4.69) is 5.32 Å². The lowest BCUT2D eigenvalue weighted by molar-refractivity contribution is -0.116. The quantitative estimate of drug-likeness (QED) is 0.734. The first-order valence-electron chi connectivity index (χ1n) is 6.30. The van der Waals surface area contributed by atoms with Crippen LogP contribution in [0.5, 0.6) is 0 Å². The number of nitrogens with one attached hydrogen (secondary N) is 1. The summed E-state index contributed by atoms with van der Waals surface area (Å²) in [5.41, 5.74) is 6.72. The Kier molecular flexibility index (Phi) is 5.51. The molecule has 1 rings (SSSR count). The molecule has 4 N–H and O–H groups in total. The summed E-state index contributed by atoms with van der Waals surface area (Å²) in [4.78, 5) is 22.9. The molecule has 19 heavy (non-hydrogen) atoms. The van der Waals surface area contributed by atoms with Crippen LogP contribution < -0.4 is 11.1 Å². The monoisotopic (exact) mass is 264 g/mol. The molecule has 104 valence electrons. The summed E-state index contributed by atoms with van der Waals surface area (Å²) in [5.74, 6) is -1.22. The summed E-state index contributed by atoms with van der Waals surface area (Å²) < 4.78 is 0. The van der Waals surface area contributed by atoms with Crippen molar-refractivity contribution in [3.63, 3.8) is 0 Å². The second-order valence-corrected chi connectivity index (χ2v) is 4.72. The standard InChI is InChI=1S/C14H20N2O3/c1-9-5-3-7-11(13(9)14(18)19)16-12(17)8-4-6-10(2)15/h3,5,7,10H,4,6,8,15H2,1-2H3,(H,16,17)(H,18,19). The Morgan fingerprint density at radius 1 is 1.42 bits per heavy atom. The third-order valence-electron chi connectivity index (χ3n) is 2.82. The molecule has 1 amide bonds. The zero-order valence-corrected chi connectivity index (χ0v) is 11.3. The van der Waals surface area contributed by atoms with Crippen molar-refractivity contribution in [3.05, 3.63) is 29.3 Å². The van der Waals surface area contributed by atoms with Crippen LogP contribution in [-0.4, -0.2) is 23.0 Å². The summed E-state index contributed by atoms with van der Waals surface area (Å²) in [6.45, 7) is 3.59. The van der Waals surface area contributed by atoms with Gasteiger partial charge in [0.15, 0.2) is 0 Å². The topological polar surface area (TPSA) is 92.4 Å². The van der Waals surface area contributed by atoms with Crippen molar-refractivity contribution in [1.82, 2.24) is 0 Å². The van der Waals surface area contributed by atoms with Crippen molar-refractivity contribution in [2.75, 3.05) is 5.32 Å². The van der Waals surface area contributed by atoms with Crippen LogP contribution in [0.2, 0.25) is 0 Å². The van der Waals surface area contributed by atoms with E-state index < -0.39 is 5.97 Å². The largest absolute Gasteiger partial charge is 0.478 e.